The molecular weight excluding hydrogens is 268 g/mol. The topological polar surface area (TPSA) is 24.5 Å². The van der Waals surface area contributed by atoms with Gasteiger partial charge in [-0.3, -0.25) is 4.90 Å². The largest absolute Gasteiger partial charge is 0.383 e. The number of ether oxygens (including phenoxy) is 1. The lowest BCUT2D eigenvalue weighted by Crippen LogP contribution is -2.49. The SMILES string of the molecule is COCC(CNCC(C)C)N1CCc2sccc2C1C. The highest BCUT2D eigenvalue weighted by Gasteiger charge is 2.29. The van der Waals surface area contributed by atoms with Crippen molar-refractivity contribution in [2.75, 3.05) is 33.4 Å². The molecule has 0 fully saturated rings. The summed E-state index contributed by atoms with van der Waals surface area (Å²) in [4.78, 5) is 4.17. The fourth-order valence-electron chi connectivity index (χ4n) is 3.03. The van der Waals surface area contributed by atoms with E-state index in [1.165, 1.54) is 12.0 Å². The summed E-state index contributed by atoms with van der Waals surface area (Å²) in [7, 11) is 1.81. The van der Waals surface area contributed by atoms with Gasteiger partial charge >= 0.3 is 0 Å². The third-order valence-corrected chi connectivity index (χ3v) is 5.08. The summed E-state index contributed by atoms with van der Waals surface area (Å²) >= 11 is 1.90. The molecule has 2 unspecified atom stereocenters. The van der Waals surface area contributed by atoms with Crippen molar-refractivity contribution in [3.63, 3.8) is 0 Å². The molecule has 0 aliphatic carbocycles. The summed E-state index contributed by atoms with van der Waals surface area (Å²) in [5.41, 5.74) is 1.52. The lowest BCUT2D eigenvalue weighted by Gasteiger charge is -2.39. The zero-order valence-corrected chi connectivity index (χ0v) is 14.0. The van der Waals surface area contributed by atoms with Crippen LogP contribution in [0.3, 0.4) is 0 Å². The second-order valence-corrected chi connectivity index (χ2v) is 7.12. The predicted molar refractivity (Wildman–Crippen MR) is 86.5 cm³/mol. The summed E-state index contributed by atoms with van der Waals surface area (Å²) < 4.78 is 5.45. The number of thiophene rings is 1. The van der Waals surface area contributed by atoms with Gasteiger partial charge in [0.1, 0.15) is 0 Å². The minimum Gasteiger partial charge on any atom is -0.383 e. The molecular formula is C16H28N2OS. The summed E-state index contributed by atoms with van der Waals surface area (Å²) in [5, 5.41) is 5.82. The van der Waals surface area contributed by atoms with Gasteiger partial charge in [0.15, 0.2) is 0 Å². The Morgan fingerprint density at radius 1 is 1.45 bits per heavy atom. The van der Waals surface area contributed by atoms with Crippen molar-refractivity contribution >= 4 is 11.3 Å². The lowest BCUT2D eigenvalue weighted by molar-refractivity contribution is 0.0599. The van der Waals surface area contributed by atoms with Crippen molar-refractivity contribution in [2.45, 2.75) is 39.3 Å². The summed E-state index contributed by atoms with van der Waals surface area (Å²) in [6, 6.07) is 3.26. The first-order valence-corrected chi connectivity index (χ1v) is 8.53. The van der Waals surface area contributed by atoms with E-state index >= 15 is 0 Å². The summed E-state index contributed by atoms with van der Waals surface area (Å²) in [5.74, 6) is 0.695. The minimum atomic E-state index is 0.460. The number of rotatable bonds is 7. The maximum Gasteiger partial charge on any atom is 0.0630 e. The molecule has 2 rings (SSSR count). The second kappa shape index (κ2) is 7.55. The van der Waals surface area contributed by atoms with Gasteiger partial charge in [-0.25, -0.2) is 0 Å². The third kappa shape index (κ3) is 3.82. The first-order chi connectivity index (χ1) is 9.63. The fourth-order valence-corrected chi connectivity index (χ4v) is 3.99. The van der Waals surface area contributed by atoms with Crippen molar-refractivity contribution in [2.24, 2.45) is 5.92 Å². The van der Waals surface area contributed by atoms with E-state index in [1.54, 1.807) is 12.0 Å². The molecule has 1 N–H and O–H groups in total. The van der Waals surface area contributed by atoms with E-state index in [0.29, 0.717) is 18.0 Å². The molecule has 1 aliphatic heterocycles. The van der Waals surface area contributed by atoms with E-state index in [1.807, 2.05) is 11.3 Å². The van der Waals surface area contributed by atoms with Gasteiger partial charge < -0.3 is 10.1 Å². The standard InChI is InChI=1S/C16H28N2OS/c1-12(2)9-17-10-14(11-19-4)18-7-5-16-15(13(18)3)6-8-20-16/h6,8,12-14,17H,5,7,9-11H2,1-4H3. The Kier molecular flexibility index (Phi) is 6.02. The quantitative estimate of drug-likeness (QED) is 0.837. The molecule has 0 saturated carbocycles. The van der Waals surface area contributed by atoms with Gasteiger partial charge in [-0.1, -0.05) is 13.8 Å². The molecule has 0 spiro atoms. The van der Waals surface area contributed by atoms with E-state index in [-0.39, 0.29) is 0 Å². The Bertz CT molecular complexity index is 405. The van der Waals surface area contributed by atoms with Crippen LogP contribution in [0.2, 0.25) is 0 Å². The van der Waals surface area contributed by atoms with Crippen molar-refractivity contribution < 1.29 is 4.74 Å². The highest BCUT2D eigenvalue weighted by atomic mass is 32.1. The van der Waals surface area contributed by atoms with E-state index in [4.69, 9.17) is 4.74 Å². The first kappa shape index (κ1) is 16.0. The molecule has 20 heavy (non-hydrogen) atoms. The van der Waals surface area contributed by atoms with Crippen LogP contribution >= 0.6 is 11.3 Å². The Balaban J connectivity index is 1.98. The molecule has 0 bridgehead atoms. The van der Waals surface area contributed by atoms with Crippen LogP contribution in [0, 0.1) is 5.92 Å². The normalized spacial score (nSPS) is 21.1. The number of fused-ring (bicyclic) bond motifs is 1. The molecule has 2 atom stereocenters. The van der Waals surface area contributed by atoms with Crippen LogP contribution in [0.25, 0.3) is 0 Å². The molecule has 0 radical (unpaired) electrons. The Labute approximate surface area is 127 Å². The van der Waals surface area contributed by atoms with Crippen molar-refractivity contribution in [3.05, 3.63) is 21.9 Å². The molecule has 4 heteroatoms. The van der Waals surface area contributed by atoms with Crippen molar-refractivity contribution in [3.8, 4) is 0 Å². The molecule has 1 aliphatic rings. The van der Waals surface area contributed by atoms with Crippen LogP contribution in [-0.4, -0.2) is 44.3 Å². The van der Waals surface area contributed by atoms with Crippen LogP contribution < -0.4 is 5.32 Å². The van der Waals surface area contributed by atoms with E-state index in [0.717, 1.165) is 26.2 Å². The van der Waals surface area contributed by atoms with E-state index in [2.05, 4.69) is 42.4 Å². The van der Waals surface area contributed by atoms with Gasteiger partial charge in [-0.05, 0) is 42.8 Å². The van der Waals surface area contributed by atoms with Crippen LogP contribution in [0.15, 0.2) is 11.4 Å². The second-order valence-electron chi connectivity index (χ2n) is 6.12. The van der Waals surface area contributed by atoms with Crippen molar-refractivity contribution in [1.82, 2.24) is 10.2 Å². The molecule has 0 saturated heterocycles. The van der Waals surface area contributed by atoms with E-state index < -0.39 is 0 Å². The molecule has 0 aromatic carbocycles. The Morgan fingerprint density at radius 2 is 2.25 bits per heavy atom. The first-order valence-electron chi connectivity index (χ1n) is 7.65. The minimum absolute atomic E-state index is 0.460. The lowest BCUT2D eigenvalue weighted by atomic mass is 9.99. The average molecular weight is 296 g/mol. The summed E-state index contributed by atoms with van der Waals surface area (Å²) in [6.45, 7) is 10.9. The average Bonchev–Trinajstić information content (AvgIpc) is 2.87. The van der Waals surface area contributed by atoms with Gasteiger partial charge in [-0.15, -0.1) is 11.3 Å². The van der Waals surface area contributed by atoms with Crippen LogP contribution in [0.4, 0.5) is 0 Å². The van der Waals surface area contributed by atoms with Gasteiger partial charge in [-0.2, -0.15) is 0 Å². The molecule has 1 aromatic rings. The number of methoxy groups -OCH3 is 1. The molecule has 1 aromatic heterocycles. The van der Waals surface area contributed by atoms with Crippen LogP contribution in [0.1, 0.15) is 37.3 Å². The van der Waals surface area contributed by atoms with E-state index in [9.17, 15) is 0 Å². The van der Waals surface area contributed by atoms with Gasteiger partial charge in [0.25, 0.3) is 0 Å². The van der Waals surface area contributed by atoms with Crippen molar-refractivity contribution in [1.29, 1.82) is 0 Å². The van der Waals surface area contributed by atoms with Crippen LogP contribution in [-0.2, 0) is 11.2 Å². The monoisotopic (exact) mass is 296 g/mol. The highest BCUT2D eigenvalue weighted by Crippen LogP contribution is 2.33. The van der Waals surface area contributed by atoms with Gasteiger partial charge in [0, 0.05) is 37.2 Å². The van der Waals surface area contributed by atoms with Gasteiger partial charge in [0.2, 0.25) is 0 Å². The predicted octanol–water partition coefficient (Wildman–Crippen LogP) is 2.93. The van der Waals surface area contributed by atoms with Crippen LogP contribution in [0.5, 0.6) is 0 Å². The Hall–Kier alpha value is -0.420. The smallest absolute Gasteiger partial charge is 0.0630 e. The zero-order valence-electron chi connectivity index (χ0n) is 13.2. The highest BCUT2D eigenvalue weighted by molar-refractivity contribution is 7.10. The van der Waals surface area contributed by atoms with Gasteiger partial charge in [0.05, 0.1) is 6.61 Å². The third-order valence-electron chi connectivity index (χ3n) is 4.09. The molecule has 0 amide bonds. The number of hydrogen-bond donors (Lipinski definition) is 1. The summed E-state index contributed by atoms with van der Waals surface area (Å²) in [6.07, 6.45) is 1.18. The molecule has 2 heterocycles. The number of nitrogens with one attached hydrogen (secondary N) is 1. The zero-order chi connectivity index (χ0) is 14.5. The maximum absolute atomic E-state index is 5.45. The Morgan fingerprint density at radius 3 is 2.95 bits per heavy atom. The maximum atomic E-state index is 5.45. The number of hydrogen-bond acceptors (Lipinski definition) is 4. The molecule has 3 nitrogen and oxygen atoms in total. The fraction of sp³-hybridized carbons (Fsp3) is 0.750. The molecule has 114 valence electrons. The number of nitrogens with zero attached hydrogens (tertiary/aromatic N) is 1.